The van der Waals surface area contributed by atoms with Crippen molar-refractivity contribution in [2.24, 2.45) is 0 Å². The van der Waals surface area contributed by atoms with Gasteiger partial charge >= 0.3 is 0 Å². The monoisotopic (exact) mass is 593 g/mol. The number of piperidine rings is 1. The Balaban J connectivity index is 1.07. The van der Waals surface area contributed by atoms with E-state index in [1.165, 1.54) is 29.8 Å². The van der Waals surface area contributed by atoms with Crippen molar-refractivity contribution in [3.05, 3.63) is 77.3 Å². The van der Waals surface area contributed by atoms with Gasteiger partial charge in [0, 0.05) is 32.1 Å². The summed E-state index contributed by atoms with van der Waals surface area (Å²) in [5, 5.41) is 0. The van der Waals surface area contributed by atoms with E-state index in [1.807, 2.05) is 30.3 Å². The summed E-state index contributed by atoms with van der Waals surface area (Å²) in [7, 11) is -3.51. The maximum absolute atomic E-state index is 14.9. The molecule has 12 heteroatoms. The van der Waals surface area contributed by atoms with E-state index in [2.05, 4.69) is 19.9 Å². The predicted octanol–water partition coefficient (Wildman–Crippen LogP) is 4.56. The van der Waals surface area contributed by atoms with Crippen molar-refractivity contribution in [3.8, 4) is 16.5 Å². The first-order valence-corrected chi connectivity index (χ1v) is 16.0. The summed E-state index contributed by atoms with van der Waals surface area (Å²) in [5.74, 6) is 0.521. The lowest BCUT2D eigenvalue weighted by Gasteiger charge is -2.31. The number of rotatable bonds is 8. The molecule has 0 saturated carbocycles. The minimum absolute atomic E-state index is 0.0577. The highest BCUT2D eigenvalue weighted by Gasteiger charge is 2.30. The van der Waals surface area contributed by atoms with Gasteiger partial charge in [-0.15, -0.1) is 11.3 Å². The van der Waals surface area contributed by atoms with E-state index in [0.717, 1.165) is 59.3 Å². The van der Waals surface area contributed by atoms with Gasteiger partial charge < -0.3 is 9.64 Å². The van der Waals surface area contributed by atoms with Crippen LogP contribution in [0.2, 0.25) is 0 Å². The molecule has 0 bridgehead atoms. The minimum atomic E-state index is -3.51. The standard InChI is InChI=1S/C29H28FN5O4S2/c1-41(37,38)20-5-6-24(22(30)16-20)35-15-11-21-28(35)32-18-33-29(21)39-19-9-13-34(14-10-19)17-25(36)27-8-7-26(40-27)23-4-2-3-12-31-23/h2-8,12,16,18-19H,9-11,13-15,17H2,1H3. The maximum Gasteiger partial charge on any atom is 0.222 e. The second-order valence-electron chi connectivity index (χ2n) is 10.2. The SMILES string of the molecule is CS(=O)(=O)c1ccc(N2CCc3c(OC4CCN(CC(=O)c5ccc(-c6ccccn6)s5)CC4)ncnc32)c(F)c1. The van der Waals surface area contributed by atoms with Crippen LogP contribution in [0.4, 0.5) is 15.9 Å². The molecule has 0 amide bonds. The van der Waals surface area contributed by atoms with E-state index in [-0.39, 0.29) is 22.5 Å². The molecule has 6 rings (SSSR count). The van der Waals surface area contributed by atoms with E-state index >= 15 is 0 Å². The number of pyridine rings is 1. The van der Waals surface area contributed by atoms with Crippen molar-refractivity contribution in [3.63, 3.8) is 0 Å². The van der Waals surface area contributed by atoms with Crippen molar-refractivity contribution in [1.82, 2.24) is 19.9 Å². The Bertz CT molecular complexity index is 1690. The fourth-order valence-electron chi connectivity index (χ4n) is 5.20. The van der Waals surface area contributed by atoms with Crippen molar-refractivity contribution >= 4 is 38.5 Å². The molecule has 2 aliphatic rings. The fraction of sp³-hybridized carbons (Fsp3) is 0.310. The first-order chi connectivity index (χ1) is 19.8. The number of halogens is 1. The molecule has 0 radical (unpaired) electrons. The second kappa shape index (κ2) is 11.3. The lowest BCUT2D eigenvalue weighted by Crippen LogP contribution is -2.40. The fourth-order valence-corrected chi connectivity index (χ4v) is 6.75. The maximum atomic E-state index is 14.9. The smallest absolute Gasteiger partial charge is 0.222 e. The number of hydrogen-bond acceptors (Lipinski definition) is 10. The van der Waals surface area contributed by atoms with Gasteiger partial charge in [-0.2, -0.15) is 0 Å². The molecule has 0 spiro atoms. The van der Waals surface area contributed by atoms with Crippen LogP contribution in [-0.4, -0.2) is 72.6 Å². The van der Waals surface area contributed by atoms with E-state index in [1.54, 1.807) is 11.1 Å². The van der Waals surface area contributed by atoms with Gasteiger partial charge in [0.05, 0.1) is 38.1 Å². The summed E-state index contributed by atoms with van der Waals surface area (Å²) in [6.07, 6.45) is 6.22. The van der Waals surface area contributed by atoms with E-state index in [0.29, 0.717) is 31.2 Å². The minimum Gasteiger partial charge on any atom is -0.474 e. The van der Waals surface area contributed by atoms with Crippen LogP contribution in [0.25, 0.3) is 10.6 Å². The average molecular weight is 594 g/mol. The summed E-state index contributed by atoms with van der Waals surface area (Å²) in [6.45, 7) is 2.29. The Hall–Kier alpha value is -3.74. The van der Waals surface area contributed by atoms with Gasteiger partial charge in [-0.25, -0.2) is 22.8 Å². The molecule has 2 aliphatic heterocycles. The number of carbonyl (C=O) groups is 1. The zero-order valence-corrected chi connectivity index (χ0v) is 24.0. The average Bonchev–Trinajstić information content (AvgIpc) is 3.63. The highest BCUT2D eigenvalue weighted by Crippen LogP contribution is 2.38. The number of fused-ring (bicyclic) bond motifs is 1. The molecule has 212 valence electrons. The van der Waals surface area contributed by atoms with E-state index < -0.39 is 15.7 Å². The number of ketones is 1. The number of aromatic nitrogens is 3. The second-order valence-corrected chi connectivity index (χ2v) is 13.3. The summed E-state index contributed by atoms with van der Waals surface area (Å²) >= 11 is 1.47. The summed E-state index contributed by atoms with van der Waals surface area (Å²) in [6, 6.07) is 13.5. The van der Waals surface area contributed by atoms with Crippen LogP contribution in [-0.2, 0) is 16.3 Å². The quantitative estimate of drug-likeness (QED) is 0.272. The number of carbonyl (C=O) groups excluding carboxylic acids is 1. The van der Waals surface area contributed by atoms with Crippen LogP contribution < -0.4 is 9.64 Å². The lowest BCUT2D eigenvalue weighted by atomic mass is 10.1. The Morgan fingerprint density at radius 2 is 1.90 bits per heavy atom. The van der Waals surface area contributed by atoms with Crippen LogP contribution >= 0.6 is 11.3 Å². The lowest BCUT2D eigenvalue weighted by molar-refractivity contribution is 0.0778. The molecule has 0 atom stereocenters. The topological polar surface area (TPSA) is 106 Å². The van der Waals surface area contributed by atoms with Crippen molar-refractivity contribution < 1.29 is 22.3 Å². The Morgan fingerprint density at radius 3 is 2.63 bits per heavy atom. The molecular weight excluding hydrogens is 565 g/mol. The van der Waals surface area contributed by atoms with Crippen molar-refractivity contribution in [2.75, 3.05) is 37.3 Å². The molecule has 5 heterocycles. The van der Waals surface area contributed by atoms with Crippen LogP contribution in [0.5, 0.6) is 5.88 Å². The number of hydrogen-bond donors (Lipinski definition) is 0. The largest absolute Gasteiger partial charge is 0.474 e. The number of likely N-dealkylation sites (tertiary alicyclic amines) is 1. The molecule has 4 aromatic rings. The molecule has 0 N–H and O–H groups in total. The number of thiophene rings is 1. The molecule has 3 aromatic heterocycles. The van der Waals surface area contributed by atoms with Gasteiger partial charge in [0.2, 0.25) is 5.88 Å². The zero-order chi connectivity index (χ0) is 28.6. The van der Waals surface area contributed by atoms with Gasteiger partial charge in [0.1, 0.15) is 24.1 Å². The Kier molecular flexibility index (Phi) is 7.54. The normalized spacial score (nSPS) is 16.1. The van der Waals surface area contributed by atoms with Crippen LogP contribution in [0, 0.1) is 5.82 Å². The molecule has 1 fully saturated rings. The molecule has 1 aromatic carbocycles. The molecule has 0 aliphatic carbocycles. The number of anilines is 2. The molecule has 0 unspecified atom stereocenters. The number of Topliss-reactive ketones (excluding diaryl/α,β-unsaturated/α-hetero) is 1. The first-order valence-electron chi connectivity index (χ1n) is 13.3. The molecule has 41 heavy (non-hydrogen) atoms. The van der Waals surface area contributed by atoms with Gasteiger partial charge in [-0.05, 0) is 61.7 Å². The molecular formula is C29H28FN5O4S2. The number of sulfone groups is 1. The van der Waals surface area contributed by atoms with Crippen LogP contribution in [0.3, 0.4) is 0 Å². The van der Waals surface area contributed by atoms with E-state index in [4.69, 9.17) is 4.74 Å². The zero-order valence-electron chi connectivity index (χ0n) is 22.4. The molecule has 9 nitrogen and oxygen atoms in total. The third kappa shape index (κ3) is 5.85. The van der Waals surface area contributed by atoms with E-state index in [9.17, 15) is 17.6 Å². The highest BCUT2D eigenvalue weighted by molar-refractivity contribution is 7.90. The summed E-state index contributed by atoms with van der Waals surface area (Å²) in [5.41, 5.74) is 1.93. The Morgan fingerprint density at radius 1 is 1.07 bits per heavy atom. The van der Waals surface area contributed by atoms with Crippen LogP contribution in [0.1, 0.15) is 28.1 Å². The number of benzene rings is 1. The number of ether oxygens (including phenoxy) is 1. The first kappa shape index (κ1) is 27.4. The number of nitrogens with zero attached hydrogens (tertiary/aromatic N) is 5. The van der Waals surface area contributed by atoms with Gasteiger partial charge in [0.25, 0.3) is 0 Å². The van der Waals surface area contributed by atoms with Crippen molar-refractivity contribution in [2.45, 2.75) is 30.3 Å². The third-order valence-corrected chi connectivity index (χ3v) is 9.60. The summed E-state index contributed by atoms with van der Waals surface area (Å²) < 4.78 is 44.8. The van der Waals surface area contributed by atoms with Gasteiger partial charge in [-0.3, -0.25) is 14.7 Å². The van der Waals surface area contributed by atoms with Crippen LogP contribution in [0.15, 0.2) is 66.0 Å². The van der Waals surface area contributed by atoms with Crippen molar-refractivity contribution in [1.29, 1.82) is 0 Å². The highest BCUT2D eigenvalue weighted by atomic mass is 32.2. The van der Waals surface area contributed by atoms with Gasteiger partial charge in [0.15, 0.2) is 15.6 Å². The Labute approximate surface area is 241 Å². The predicted molar refractivity (Wildman–Crippen MR) is 154 cm³/mol. The van der Waals surface area contributed by atoms with Gasteiger partial charge in [-0.1, -0.05) is 6.07 Å². The molecule has 1 saturated heterocycles. The summed E-state index contributed by atoms with van der Waals surface area (Å²) in [4.78, 5) is 31.6. The third-order valence-electron chi connectivity index (χ3n) is 7.34.